The van der Waals surface area contributed by atoms with Crippen molar-refractivity contribution in [3.05, 3.63) is 34.6 Å². The predicted octanol–water partition coefficient (Wildman–Crippen LogP) is 1.86. The highest BCUT2D eigenvalue weighted by atomic mass is 35.5. The van der Waals surface area contributed by atoms with E-state index >= 15 is 0 Å². The maximum absolute atomic E-state index is 12.6. The fourth-order valence-corrected chi connectivity index (χ4v) is 1.26. The molecule has 84 valence electrons. The van der Waals surface area contributed by atoms with E-state index in [1.807, 2.05) is 0 Å². The van der Waals surface area contributed by atoms with Crippen LogP contribution in [0.15, 0.2) is 18.2 Å². The lowest BCUT2D eigenvalue weighted by atomic mass is 10.1. The van der Waals surface area contributed by atoms with Gasteiger partial charge in [-0.15, -0.1) is 12.4 Å². The van der Waals surface area contributed by atoms with Crippen molar-refractivity contribution in [1.29, 1.82) is 0 Å². The van der Waals surface area contributed by atoms with Crippen LogP contribution in [0.25, 0.3) is 0 Å². The first kappa shape index (κ1) is 14.2. The molecule has 0 aliphatic carbocycles. The smallest absolute Gasteiger partial charge is 0.320 e. The van der Waals surface area contributed by atoms with Crippen LogP contribution in [0.1, 0.15) is 5.56 Å². The molecule has 0 aromatic heterocycles. The summed E-state index contributed by atoms with van der Waals surface area (Å²) in [5.74, 6) is -1.56. The molecule has 0 fully saturated rings. The number of halogens is 3. The van der Waals surface area contributed by atoms with E-state index in [1.54, 1.807) is 0 Å². The zero-order chi connectivity index (χ0) is 10.7. The minimum absolute atomic E-state index is 0. The summed E-state index contributed by atoms with van der Waals surface area (Å²) in [5, 5.41) is 8.74. The Morgan fingerprint density at radius 3 is 2.67 bits per heavy atom. The zero-order valence-corrected chi connectivity index (χ0v) is 9.19. The summed E-state index contributed by atoms with van der Waals surface area (Å²) in [5.41, 5.74) is 5.83. The first-order valence-electron chi connectivity index (χ1n) is 3.93. The Morgan fingerprint density at radius 1 is 1.60 bits per heavy atom. The maximum Gasteiger partial charge on any atom is 0.320 e. The Bertz CT molecular complexity index is 360. The van der Waals surface area contributed by atoms with Crippen LogP contribution < -0.4 is 5.73 Å². The molecule has 1 aromatic rings. The molecule has 1 rings (SSSR count). The summed E-state index contributed by atoms with van der Waals surface area (Å²) in [6.45, 7) is 0. The van der Waals surface area contributed by atoms with E-state index in [1.165, 1.54) is 12.1 Å². The lowest BCUT2D eigenvalue weighted by molar-refractivity contribution is -0.138. The summed E-state index contributed by atoms with van der Waals surface area (Å²) in [4.78, 5) is 10.4. The molecular weight excluding hydrogens is 244 g/mol. The molecule has 0 aliphatic heterocycles. The molecule has 0 radical (unpaired) electrons. The quantitative estimate of drug-likeness (QED) is 0.865. The molecule has 1 unspecified atom stereocenters. The van der Waals surface area contributed by atoms with E-state index in [0.717, 1.165) is 6.07 Å². The van der Waals surface area contributed by atoms with Crippen LogP contribution in [0, 0.1) is 5.82 Å². The van der Waals surface area contributed by atoms with E-state index in [0.29, 0.717) is 5.56 Å². The molecule has 0 bridgehead atoms. The van der Waals surface area contributed by atoms with Crippen molar-refractivity contribution < 1.29 is 14.3 Å². The number of benzene rings is 1. The largest absolute Gasteiger partial charge is 0.480 e. The van der Waals surface area contributed by atoms with Crippen molar-refractivity contribution in [2.24, 2.45) is 5.73 Å². The van der Waals surface area contributed by atoms with Gasteiger partial charge in [0.2, 0.25) is 0 Å². The van der Waals surface area contributed by atoms with Crippen LogP contribution in [0.3, 0.4) is 0 Å². The van der Waals surface area contributed by atoms with Gasteiger partial charge in [0.05, 0.1) is 0 Å². The molecule has 1 aromatic carbocycles. The number of carboxylic acids is 1. The molecule has 15 heavy (non-hydrogen) atoms. The van der Waals surface area contributed by atoms with Gasteiger partial charge < -0.3 is 10.8 Å². The summed E-state index contributed by atoms with van der Waals surface area (Å²) in [7, 11) is 0. The van der Waals surface area contributed by atoms with Crippen molar-refractivity contribution in [1.82, 2.24) is 0 Å². The standard InChI is InChI=1S/C9H9ClFNO2.ClH/c10-7-4-6(11)2-1-5(7)3-8(12)9(13)14;/h1-2,4,8H,3,12H2,(H,13,14);1H. The minimum atomic E-state index is -1.11. The third-order valence-electron chi connectivity index (χ3n) is 1.77. The zero-order valence-electron chi connectivity index (χ0n) is 7.61. The SMILES string of the molecule is Cl.NC(Cc1ccc(F)cc1Cl)C(=O)O. The molecule has 0 amide bonds. The average Bonchev–Trinajstić information content (AvgIpc) is 2.09. The fraction of sp³-hybridized carbons (Fsp3) is 0.222. The molecule has 0 aliphatic rings. The van der Waals surface area contributed by atoms with E-state index in [2.05, 4.69) is 0 Å². The van der Waals surface area contributed by atoms with Gasteiger partial charge in [0, 0.05) is 5.02 Å². The molecule has 6 heteroatoms. The van der Waals surface area contributed by atoms with Crippen LogP contribution in [-0.2, 0) is 11.2 Å². The van der Waals surface area contributed by atoms with Gasteiger partial charge >= 0.3 is 5.97 Å². The molecule has 3 N–H and O–H groups in total. The van der Waals surface area contributed by atoms with Crippen molar-refractivity contribution in [3.63, 3.8) is 0 Å². The first-order valence-corrected chi connectivity index (χ1v) is 4.31. The Morgan fingerprint density at radius 2 is 2.20 bits per heavy atom. The highest BCUT2D eigenvalue weighted by molar-refractivity contribution is 6.31. The third-order valence-corrected chi connectivity index (χ3v) is 2.12. The van der Waals surface area contributed by atoms with Gasteiger partial charge in [-0.05, 0) is 24.1 Å². The molecule has 1 atom stereocenters. The minimum Gasteiger partial charge on any atom is -0.480 e. The highest BCUT2D eigenvalue weighted by Crippen LogP contribution is 2.18. The Labute approximate surface area is 97.4 Å². The van der Waals surface area contributed by atoms with Gasteiger partial charge in [-0.3, -0.25) is 4.79 Å². The summed E-state index contributed by atoms with van der Waals surface area (Å²) < 4.78 is 12.6. The lowest BCUT2D eigenvalue weighted by Gasteiger charge is -2.07. The van der Waals surface area contributed by atoms with Crippen LogP contribution in [-0.4, -0.2) is 17.1 Å². The molecule has 0 heterocycles. The maximum atomic E-state index is 12.6. The van der Waals surface area contributed by atoms with E-state index in [9.17, 15) is 9.18 Å². The van der Waals surface area contributed by atoms with Gasteiger partial charge in [0.15, 0.2) is 0 Å². The van der Waals surface area contributed by atoms with Crippen molar-refractivity contribution >= 4 is 30.0 Å². The van der Waals surface area contributed by atoms with Crippen molar-refractivity contribution in [2.75, 3.05) is 0 Å². The number of hydrogen-bond acceptors (Lipinski definition) is 2. The Balaban J connectivity index is 0.00000196. The second-order valence-electron chi connectivity index (χ2n) is 2.88. The molecule has 3 nitrogen and oxygen atoms in total. The lowest BCUT2D eigenvalue weighted by Crippen LogP contribution is -2.32. The van der Waals surface area contributed by atoms with Crippen molar-refractivity contribution in [3.8, 4) is 0 Å². The number of rotatable bonds is 3. The number of carbonyl (C=O) groups is 1. The monoisotopic (exact) mass is 253 g/mol. The van der Waals surface area contributed by atoms with E-state index < -0.39 is 17.8 Å². The predicted molar refractivity (Wildman–Crippen MR) is 58.0 cm³/mol. The highest BCUT2D eigenvalue weighted by Gasteiger charge is 2.14. The van der Waals surface area contributed by atoms with Crippen LogP contribution in [0.4, 0.5) is 4.39 Å². The van der Waals surface area contributed by atoms with Gasteiger partial charge in [0.1, 0.15) is 11.9 Å². The van der Waals surface area contributed by atoms with Gasteiger partial charge in [-0.1, -0.05) is 17.7 Å². The van der Waals surface area contributed by atoms with E-state index in [-0.39, 0.29) is 23.9 Å². The summed E-state index contributed by atoms with van der Waals surface area (Å²) in [6, 6.07) is 2.76. The molecular formula is C9H10Cl2FNO2. The van der Waals surface area contributed by atoms with Crippen LogP contribution >= 0.6 is 24.0 Å². The first-order chi connectivity index (χ1) is 6.50. The Kier molecular flexibility index (Phi) is 5.57. The number of nitrogens with two attached hydrogens (primary N) is 1. The number of aliphatic carboxylic acids is 1. The third kappa shape index (κ3) is 4.03. The molecule has 0 saturated carbocycles. The second kappa shape index (κ2) is 5.90. The van der Waals surface area contributed by atoms with Gasteiger partial charge in [-0.25, -0.2) is 4.39 Å². The second-order valence-corrected chi connectivity index (χ2v) is 3.29. The molecule has 0 spiro atoms. The topological polar surface area (TPSA) is 63.3 Å². The summed E-state index contributed by atoms with van der Waals surface area (Å²) in [6.07, 6.45) is 0.0917. The van der Waals surface area contributed by atoms with Crippen LogP contribution in [0.2, 0.25) is 5.02 Å². The van der Waals surface area contributed by atoms with Gasteiger partial charge in [0.25, 0.3) is 0 Å². The fourth-order valence-electron chi connectivity index (χ4n) is 1.01. The number of hydrogen-bond donors (Lipinski definition) is 2. The normalized spacial score (nSPS) is 11.7. The van der Waals surface area contributed by atoms with Crippen molar-refractivity contribution in [2.45, 2.75) is 12.5 Å². The van der Waals surface area contributed by atoms with Gasteiger partial charge in [-0.2, -0.15) is 0 Å². The average molecular weight is 254 g/mol. The Hall–Kier alpha value is -0.840. The van der Waals surface area contributed by atoms with E-state index in [4.69, 9.17) is 22.4 Å². The van der Waals surface area contributed by atoms with Crippen LogP contribution in [0.5, 0.6) is 0 Å². The molecule has 0 saturated heterocycles. The number of carboxylic acid groups (broad SMARTS) is 1. The summed E-state index contributed by atoms with van der Waals surface area (Å²) >= 11 is 5.69.